The molecular weight excluding hydrogens is 324 g/mol. The van der Waals surface area contributed by atoms with Crippen molar-refractivity contribution in [3.05, 3.63) is 34.9 Å². The Kier molecular flexibility index (Phi) is 6.36. The first-order valence-electron chi connectivity index (χ1n) is 10.4. The van der Waals surface area contributed by atoms with Gasteiger partial charge in [0, 0.05) is 13.1 Å². The second-order valence-electron chi connectivity index (χ2n) is 8.04. The number of carbonyl (C=O) groups is 1. The standard InChI is InChI=1S/C22H34N2O2/c1-3-17-8-9-18-10-13-24(20(4-2)19(18)14-17)21(25)15-23-16-22(26)11-6-5-7-12-22/h8-9,14,20,23,26H,3-7,10-13,15-16H2,1-2H3/t20-/m0/s1. The zero-order chi connectivity index (χ0) is 18.6. The van der Waals surface area contributed by atoms with Crippen molar-refractivity contribution >= 4 is 5.91 Å². The highest BCUT2D eigenvalue weighted by molar-refractivity contribution is 5.79. The van der Waals surface area contributed by atoms with Crippen LogP contribution in [0.15, 0.2) is 18.2 Å². The average Bonchev–Trinajstić information content (AvgIpc) is 2.66. The van der Waals surface area contributed by atoms with Crippen LogP contribution in [0.3, 0.4) is 0 Å². The lowest BCUT2D eigenvalue weighted by Gasteiger charge is -2.38. The molecule has 1 atom stereocenters. The predicted octanol–water partition coefficient (Wildman–Crippen LogP) is 3.37. The summed E-state index contributed by atoms with van der Waals surface area (Å²) in [6, 6.07) is 6.93. The van der Waals surface area contributed by atoms with Crippen LogP contribution >= 0.6 is 0 Å². The molecule has 144 valence electrons. The summed E-state index contributed by atoms with van der Waals surface area (Å²) in [4.78, 5) is 14.9. The van der Waals surface area contributed by atoms with Crippen LogP contribution in [0.25, 0.3) is 0 Å². The van der Waals surface area contributed by atoms with E-state index in [9.17, 15) is 9.90 Å². The normalized spacial score (nSPS) is 22.1. The second-order valence-corrected chi connectivity index (χ2v) is 8.04. The van der Waals surface area contributed by atoms with E-state index in [0.717, 1.165) is 51.5 Å². The Hall–Kier alpha value is -1.39. The lowest BCUT2D eigenvalue weighted by molar-refractivity contribution is -0.133. The van der Waals surface area contributed by atoms with E-state index < -0.39 is 5.60 Å². The minimum Gasteiger partial charge on any atom is -0.389 e. The van der Waals surface area contributed by atoms with Gasteiger partial charge in [-0.25, -0.2) is 0 Å². The van der Waals surface area contributed by atoms with E-state index in [1.807, 2.05) is 4.90 Å². The summed E-state index contributed by atoms with van der Waals surface area (Å²) in [5.74, 6) is 0.156. The van der Waals surface area contributed by atoms with E-state index in [2.05, 4.69) is 37.4 Å². The van der Waals surface area contributed by atoms with E-state index in [0.29, 0.717) is 13.1 Å². The number of aryl methyl sites for hydroxylation is 1. The molecule has 4 nitrogen and oxygen atoms in total. The number of nitrogens with one attached hydrogen (secondary N) is 1. The third-order valence-corrected chi connectivity index (χ3v) is 6.20. The molecule has 2 N–H and O–H groups in total. The van der Waals surface area contributed by atoms with E-state index >= 15 is 0 Å². The molecule has 1 amide bonds. The maximum Gasteiger partial charge on any atom is 0.237 e. The minimum atomic E-state index is -0.618. The van der Waals surface area contributed by atoms with Crippen molar-refractivity contribution in [1.29, 1.82) is 0 Å². The fraction of sp³-hybridized carbons (Fsp3) is 0.682. The number of aliphatic hydroxyl groups is 1. The lowest BCUT2D eigenvalue weighted by atomic mass is 9.85. The zero-order valence-corrected chi connectivity index (χ0v) is 16.4. The van der Waals surface area contributed by atoms with Crippen molar-refractivity contribution in [3.8, 4) is 0 Å². The molecule has 26 heavy (non-hydrogen) atoms. The number of amides is 1. The van der Waals surface area contributed by atoms with Gasteiger partial charge in [-0.05, 0) is 48.8 Å². The van der Waals surface area contributed by atoms with Crippen LogP contribution < -0.4 is 5.32 Å². The fourth-order valence-corrected chi connectivity index (χ4v) is 4.60. The molecule has 0 unspecified atom stereocenters. The van der Waals surface area contributed by atoms with Gasteiger partial charge < -0.3 is 15.3 Å². The Bertz CT molecular complexity index is 623. The number of benzene rings is 1. The Morgan fingerprint density at radius 1 is 1.27 bits per heavy atom. The van der Waals surface area contributed by atoms with E-state index in [1.165, 1.54) is 23.1 Å². The van der Waals surface area contributed by atoms with Crippen molar-refractivity contribution in [2.45, 2.75) is 76.9 Å². The molecule has 1 aromatic rings. The van der Waals surface area contributed by atoms with Gasteiger partial charge in [-0.2, -0.15) is 0 Å². The highest BCUT2D eigenvalue weighted by atomic mass is 16.3. The Balaban J connectivity index is 1.61. The second kappa shape index (κ2) is 8.53. The van der Waals surface area contributed by atoms with E-state index in [4.69, 9.17) is 0 Å². The summed E-state index contributed by atoms with van der Waals surface area (Å²) in [5.41, 5.74) is 3.45. The van der Waals surface area contributed by atoms with E-state index in [1.54, 1.807) is 0 Å². The van der Waals surface area contributed by atoms with Crippen molar-refractivity contribution in [2.24, 2.45) is 0 Å². The Labute approximate surface area is 158 Å². The van der Waals surface area contributed by atoms with Gasteiger partial charge in [0.2, 0.25) is 5.91 Å². The van der Waals surface area contributed by atoms with E-state index in [-0.39, 0.29) is 11.9 Å². The first-order chi connectivity index (χ1) is 12.6. The monoisotopic (exact) mass is 358 g/mol. The van der Waals surface area contributed by atoms with Crippen LogP contribution in [-0.2, 0) is 17.6 Å². The smallest absolute Gasteiger partial charge is 0.237 e. The van der Waals surface area contributed by atoms with Crippen molar-refractivity contribution < 1.29 is 9.90 Å². The van der Waals surface area contributed by atoms with Gasteiger partial charge in [0.1, 0.15) is 0 Å². The zero-order valence-electron chi connectivity index (χ0n) is 16.4. The maximum absolute atomic E-state index is 12.9. The number of hydrogen-bond donors (Lipinski definition) is 2. The molecule has 3 rings (SSSR count). The van der Waals surface area contributed by atoms with Crippen LogP contribution in [0, 0.1) is 0 Å². The van der Waals surface area contributed by atoms with Crippen LogP contribution in [-0.4, -0.2) is 41.1 Å². The molecule has 0 radical (unpaired) electrons. The van der Waals surface area contributed by atoms with Crippen molar-refractivity contribution in [1.82, 2.24) is 10.2 Å². The van der Waals surface area contributed by atoms with Gasteiger partial charge in [0.05, 0.1) is 18.2 Å². The molecule has 0 spiro atoms. The SMILES string of the molecule is CCc1ccc2c(c1)[C@H](CC)N(C(=O)CNCC1(O)CCCCC1)CC2. The van der Waals surface area contributed by atoms with Gasteiger partial charge in [-0.1, -0.05) is 51.3 Å². The molecule has 1 heterocycles. The van der Waals surface area contributed by atoms with Gasteiger partial charge in [0.25, 0.3) is 0 Å². The summed E-state index contributed by atoms with van der Waals surface area (Å²) in [7, 11) is 0. The van der Waals surface area contributed by atoms with Gasteiger partial charge in [-0.3, -0.25) is 4.79 Å². The summed E-state index contributed by atoms with van der Waals surface area (Å²) in [6.07, 6.45) is 8.00. The topological polar surface area (TPSA) is 52.6 Å². The van der Waals surface area contributed by atoms with Crippen LogP contribution in [0.4, 0.5) is 0 Å². The number of rotatable bonds is 6. The first-order valence-corrected chi connectivity index (χ1v) is 10.4. The first kappa shape index (κ1) is 19.4. The third-order valence-electron chi connectivity index (χ3n) is 6.20. The quantitative estimate of drug-likeness (QED) is 0.820. The molecule has 1 aliphatic carbocycles. The molecule has 0 aromatic heterocycles. The van der Waals surface area contributed by atoms with Gasteiger partial charge in [0.15, 0.2) is 0 Å². The highest BCUT2D eigenvalue weighted by Crippen LogP contribution is 2.33. The van der Waals surface area contributed by atoms with Gasteiger partial charge in [-0.15, -0.1) is 0 Å². The third kappa shape index (κ3) is 4.29. The Morgan fingerprint density at radius 3 is 2.73 bits per heavy atom. The summed E-state index contributed by atoms with van der Waals surface area (Å²) in [5, 5.41) is 13.8. The molecular formula is C22H34N2O2. The number of carbonyl (C=O) groups excluding carboxylic acids is 1. The number of hydrogen-bond acceptors (Lipinski definition) is 3. The fourth-order valence-electron chi connectivity index (χ4n) is 4.60. The largest absolute Gasteiger partial charge is 0.389 e. The highest BCUT2D eigenvalue weighted by Gasteiger charge is 2.31. The van der Waals surface area contributed by atoms with Crippen molar-refractivity contribution in [3.63, 3.8) is 0 Å². The molecule has 4 heteroatoms. The maximum atomic E-state index is 12.9. The Morgan fingerprint density at radius 2 is 2.04 bits per heavy atom. The van der Waals surface area contributed by atoms with Gasteiger partial charge >= 0.3 is 0 Å². The predicted molar refractivity (Wildman–Crippen MR) is 105 cm³/mol. The molecule has 1 saturated carbocycles. The molecule has 0 saturated heterocycles. The molecule has 1 fully saturated rings. The summed E-state index contributed by atoms with van der Waals surface area (Å²) in [6.45, 7) is 5.98. The minimum absolute atomic E-state index is 0.156. The summed E-state index contributed by atoms with van der Waals surface area (Å²) >= 11 is 0. The number of fused-ring (bicyclic) bond motifs is 1. The molecule has 0 bridgehead atoms. The lowest BCUT2D eigenvalue weighted by Crippen LogP contribution is -2.48. The molecule has 1 aromatic carbocycles. The van der Waals surface area contributed by atoms with Crippen LogP contribution in [0.5, 0.6) is 0 Å². The van der Waals surface area contributed by atoms with Crippen molar-refractivity contribution in [2.75, 3.05) is 19.6 Å². The van der Waals surface area contributed by atoms with Crippen LogP contribution in [0.1, 0.15) is 75.1 Å². The van der Waals surface area contributed by atoms with Crippen LogP contribution in [0.2, 0.25) is 0 Å². The molecule has 1 aliphatic heterocycles. The number of nitrogens with zero attached hydrogens (tertiary/aromatic N) is 1. The summed E-state index contributed by atoms with van der Waals surface area (Å²) < 4.78 is 0. The average molecular weight is 359 g/mol. The molecule has 2 aliphatic rings.